The maximum absolute atomic E-state index is 12.2. The summed E-state index contributed by atoms with van der Waals surface area (Å²) in [6, 6.07) is 6.42. The Morgan fingerprint density at radius 1 is 1.15 bits per heavy atom. The number of hydrogen-bond donors (Lipinski definition) is 0. The van der Waals surface area contributed by atoms with Crippen molar-refractivity contribution in [1.82, 2.24) is 0 Å². The van der Waals surface area contributed by atoms with Gasteiger partial charge in [-0.2, -0.15) is 0 Å². The van der Waals surface area contributed by atoms with Crippen molar-refractivity contribution in [3.05, 3.63) is 29.3 Å². The van der Waals surface area contributed by atoms with Crippen molar-refractivity contribution < 1.29 is 19.1 Å². The number of ketones is 1. The molecule has 4 heteroatoms. The highest BCUT2D eigenvalue weighted by atomic mass is 16.6. The topological polar surface area (TPSA) is 52.6 Å². The number of Topliss-reactive ketones (excluding diaryl/α,β-unsaturated/α-hetero) is 1. The van der Waals surface area contributed by atoms with Gasteiger partial charge in [-0.1, -0.05) is 25.0 Å². The zero-order valence-corrected chi connectivity index (χ0v) is 15.6. The lowest BCUT2D eigenvalue weighted by Crippen LogP contribution is -2.48. The van der Waals surface area contributed by atoms with Crippen LogP contribution in [0.15, 0.2) is 18.2 Å². The molecule has 1 aromatic carbocycles. The van der Waals surface area contributed by atoms with Crippen LogP contribution in [0, 0.1) is 5.92 Å². The fourth-order valence-corrected chi connectivity index (χ4v) is 4.89. The maximum Gasteiger partial charge on any atom is 0.313 e. The summed E-state index contributed by atoms with van der Waals surface area (Å²) >= 11 is 0. The second-order valence-corrected chi connectivity index (χ2v) is 8.26. The molecule has 26 heavy (non-hydrogen) atoms. The summed E-state index contributed by atoms with van der Waals surface area (Å²) in [6.45, 7) is 0. The van der Waals surface area contributed by atoms with Gasteiger partial charge in [0.25, 0.3) is 0 Å². The number of ether oxygens (including phenoxy) is 2. The van der Waals surface area contributed by atoms with Crippen LogP contribution in [0.25, 0.3) is 0 Å². The van der Waals surface area contributed by atoms with E-state index >= 15 is 0 Å². The molecule has 1 saturated heterocycles. The van der Waals surface area contributed by atoms with Crippen molar-refractivity contribution in [3.8, 4) is 5.75 Å². The van der Waals surface area contributed by atoms with Gasteiger partial charge in [0.1, 0.15) is 23.6 Å². The molecule has 3 aliphatic rings. The first-order valence-corrected chi connectivity index (χ1v) is 10.00. The second-order valence-electron chi connectivity index (χ2n) is 8.26. The fourth-order valence-electron chi connectivity index (χ4n) is 4.89. The van der Waals surface area contributed by atoms with Crippen LogP contribution in [0.5, 0.6) is 5.75 Å². The molecule has 1 heterocycles. The van der Waals surface area contributed by atoms with Gasteiger partial charge in [0.2, 0.25) is 0 Å². The normalized spacial score (nSPS) is 26.8. The Morgan fingerprint density at radius 2 is 1.92 bits per heavy atom. The summed E-state index contributed by atoms with van der Waals surface area (Å²) in [6.07, 6.45) is 8.87. The minimum atomic E-state index is -0.581. The molecule has 1 unspecified atom stereocenters. The zero-order chi connectivity index (χ0) is 18.1. The smallest absolute Gasteiger partial charge is 0.313 e. The van der Waals surface area contributed by atoms with Crippen LogP contribution < -0.4 is 4.74 Å². The summed E-state index contributed by atoms with van der Waals surface area (Å²) in [5.74, 6) is 1.64. The molecular formula is C22H28O4. The summed E-state index contributed by atoms with van der Waals surface area (Å²) in [7, 11) is 1.73. The Bertz CT molecular complexity index is 682. The summed E-state index contributed by atoms with van der Waals surface area (Å²) < 4.78 is 11.4. The van der Waals surface area contributed by atoms with E-state index in [9.17, 15) is 9.59 Å². The highest BCUT2D eigenvalue weighted by molar-refractivity contribution is 5.98. The molecule has 0 N–H and O–H groups in total. The molecule has 0 spiro atoms. The van der Waals surface area contributed by atoms with E-state index in [0.29, 0.717) is 18.3 Å². The Kier molecular flexibility index (Phi) is 4.76. The fraction of sp³-hybridized carbons (Fsp3) is 0.636. The molecule has 1 aromatic rings. The molecule has 2 aliphatic carbocycles. The van der Waals surface area contributed by atoms with Crippen molar-refractivity contribution in [1.29, 1.82) is 0 Å². The third-order valence-electron chi connectivity index (χ3n) is 6.40. The van der Waals surface area contributed by atoms with Gasteiger partial charge < -0.3 is 9.47 Å². The molecule has 4 rings (SSSR count). The van der Waals surface area contributed by atoms with Gasteiger partial charge in [-0.15, -0.1) is 0 Å². The van der Waals surface area contributed by atoms with Crippen LogP contribution in [0.2, 0.25) is 0 Å². The zero-order valence-electron chi connectivity index (χ0n) is 15.6. The molecule has 3 fully saturated rings. The van der Waals surface area contributed by atoms with Crippen LogP contribution in [0.1, 0.15) is 74.8 Å². The van der Waals surface area contributed by atoms with Gasteiger partial charge in [-0.25, -0.2) is 0 Å². The summed E-state index contributed by atoms with van der Waals surface area (Å²) in [5.41, 5.74) is 1.97. The molecule has 4 nitrogen and oxygen atoms in total. The molecule has 0 aromatic heterocycles. The van der Waals surface area contributed by atoms with Crippen molar-refractivity contribution in [2.24, 2.45) is 5.92 Å². The minimum Gasteiger partial charge on any atom is -0.496 e. The first kappa shape index (κ1) is 17.6. The molecule has 0 bridgehead atoms. The monoisotopic (exact) mass is 356 g/mol. The van der Waals surface area contributed by atoms with Crippen LogP contribution >= 0.6 is 0 Å². The standard InChI is InChI=1S/C22H28O4/c1-25-20-9-6-15(12-19(20)16-7-8-16)10-11-22(17-4-2-3-5-17)14-18(23)13-21(24)26-22/h6,9,12,16-17H,2-5,7-8,10-11,13-14H2,1H3. The first-order valence-electron chi connectivity index (χ1n) is 10.00. The second kappa shape index (κ2) is 7.05. The molecule has 140 valence electrons. The van der Waals surface area contributed by atoms with Gasteiger partial charge >= 0.3 is 5.97 Å². The number of hydrogen-bond acceptors (Lipinski definition) is 4. The Morgan fingerprint density at radius 3 is 2.58 bits per heavy atom. The highest BCUT2D eigenvalue weighted by Gasteiger charge is 2.47. The number of esters is 1. The number of rotatable bonds is 6. The average Bonchev–Trinajstić information content (AvgIpc) is 3.32. The first-order chi connectivity index (χ1) is 12.6. The van der Waals surface area contributed by atoms with Gasteiger partial charge in [-0.3, -0.25) is 9.59 Å². The van der Waals surface area contributed by atoms with E-state index in [0.717, 1.165) is 31.4 Å². The van der Waals surface area contributed by atoms with Gasteiger partial charge in [0.15, 0.2) is 0 Å². The van der Waals surface area contributed by atoms with E-state index in [4.69, 9.17) is 9.47 Å². The lowest BCUT2D eigenvalue weighted by molar-refractivity contribution is -0.178. The van der Waals surface area contributed by atoms with Crippen molar-refractivity contribution in [2.75, 3.05) is 7.11 Å². The number of aryl methyl sites for hydroxylation is 1. The van der Waals surface area contributed by atoms with Crippen molar-refractivity contribution >= 4 is 11.8 Å². The van der Waals surface area contributed by atoms with E-state index in [1.807, 2.05) is 0 Å². The Hall–Kier alpha value is -1.84. The van der Waals surface area contributed by atoms with E-state index in [2.05, 4.69) is 18.2 Å². The van der Waals surface area contributed by atoms with E-state index in [1.165, 1.54) is 36.8 Å². The molecule has 0 radical (unpaired) electrons. The number of cyclic esters (lactones) is 1. The average molecular weight is 356 g/mol. The maximum atomic E-state index is 12.2. The third-order valence-corrected chi connectivity index (χ3v) is 6.40. The number of methoxy groups -OCH3 is 1. The molecule has 1 atom stereocenters. The van der Waals surface area contributed by atoms with E-state index in [-0.39, 0.29) is 18.2 Å². The number of carbonyl (C=O) groups excluding carboxylic acids is 2. The summed E-state index contributed by atoms with van der Waals surface area (Å²) in [5, 5.41) is 0. The third kappa shape index (κ3) is 3.51. The Balaban J connectivity index is 1.54. The number of benzene rings is 1. The molecular weight excluding hydrogens is 328 g/mol. The molecule has 0 amide bonds. The largest absolute Gasteiger partial charge is 0.496 e. The van der Waals surface area contributed by atoms with Crippen LogP contribution in [0.4, 0.5) is 0 Å². The van der Waals surface area contributed by atoms with Gasteiger partial charge in [0.05, 0.1) is 7.11 Å². The highest BCUT2D eigenvalue weighted by Crippen LogP contribution is 2.46. The van der Waals surface area contributed by atoms with Crippen LogP contribution in [0.3, 0.4) is 0 Å². The lowest BCUT2D eigenvalue weighted by atomic mass is 9.76. The van der Waals surface area contributed by atoms with Crippen molar-refractivity contribution in [3.63, 3.8) is 0 Å². The van der Waals surface area contributed by atoms with Crippen LogP contribution in [-0.2, 0) is 20.7 Å². The SMILES string of the molecule is COc1ccc(CCC2(C3CCCC3)CC(=O)CC(=O)O2)cc1C1CC1. The predicted molar refractivity (Wildman–Crippen MR) is 98.3 cm³/mol. The predicted octanol–water partition coefficient (Wildman–Crippen LogP) is 4.34. The van der Waals surface area contributed by atoms with E-state index < -0.39 is 5.60 Å². The lowest BCUT2D eigenvalue weighted by Gasteiger charge is -2.41. The number of carbonyl (C=O) groups is 2. The van der Waals surface area contributed by atoms with E-state index in [1.54, 1.807) is 7.11 Å². The van der Waals surface area contributed by atoms with Gasteiger partial charge in [0, 0.05) is 6.42 Å². The Labute approximate surface area is 155 Å². The minimum absolute atomic E-state index is 0.0431. The quantitative estimate of drug-likeness (QED) is 0.562. The molecule has 2 saturated carbocycles. The van der Waals surface area contributed by atoms with Crippen LogP contribution in [-0.4, -0.2) is 24.5 Å². The van der Waals surface area contributed by atoms with Crippen molar-refractivity contribution in [2.45, 2.75) is 75.7 Å². The summed E-state index contributed by atoms with van der Waals surface area (Å²) in [4.78, 5) is 24.2. The molecule has 1 aliphatic heterocycles. The van der Waals surface area contributed by atoms with Gasteiger partial charge in [-0.05, 0) is 67.6 Å².